The molecular weight excluding hydrogens is 318 g/mol. The summed E-state index contributed by atoms with van der Waals surface area (Å²) in [6.07, 6.45) is 1.81. The van der Waals surface area contributed by atoms with Gasteiger partial charge in [-0.3, -0.25) is 14.7 Å². The molecule has 134 valence electrons. The Balaban J connectivity index is 1.88. The van der Waals surface area contributed by atoms with E-state index in [-0.39, 0.29) is 5.41 Å². The van der Waals surface area contributed by atoms with Crippen molar-refractivity contribution in [1.82, 2.24) is 20.5 Å². The van der Waals surface area contributed by atoms with Gasteiger partial charge in [0.05, 0.1) is 0 Å². The Morgan fingerprint density at radius 1 is 1.20 bits per heavy atom. The Hall–Kier alpha value is -2.70. The number of aromatic nitrogens is 3. The van der Waals surface area contributed by atoms with E-state index in [4.69, 9.17) is 0 Å². The Labute approximate surface area is 147 Å². The number of hydrogen-bond donors (Lipinski definition) is 3. The molecule has 3 N–H and O–H groups in total. The van der Waals surface area contributed by atoms with Crippen LogP contribution in [0.4, 0.5) is 5.69 Å². The fraction of sp³-hybridized carbons (Fsp3) is 0.444. The number of amides is 2. The molecule has 0 unspecified atom stereocenters. The molecule has 0 fully saturated rings. The summed E-state index contributed by atoms with van der Waals surface area (Å²) in [6, 6.07) is 7.06. The smallest absolute Gasteiger partial charge is 0.313 e. The second-order valence-corrected chi connectivity index (χ2v) is 7.20. The molecule has 0 aliphatic carbocycles. The van der Waals surface area contributed by atoms with Crippen LogP contribution in [0.1, 0.15) is 39.4 Å². The van der Waals surface area contributed by atoms with E-state index in [0.717, 1.165) is 18.4 Å². The van der Waals surface area contributed by atoms with E-state index in [1.54, 1.807) is 18.2 Å². The summed E-state index contributed by atoms with van der Waals surface area (Å²) < 4.78 is 0. The van der Waals surface area contributed by atoms with Crippen LogP contribution in [0.5, 0.6) is 0 Å². The third-order valence-electron chi connectivity index (χ3n) is 3.57. The zero-order chi connectivity index (χ0) is 18.4. The molecule has 1 aromatic carbocycles. The summed E-state index contributed by atoms with van der Waals surface area (Å²) in [5.41, 5.74) is 1.49. The molecule has 0 saturated carbocycles. The first-order chi connectivity index (χ1) is 11.7. The van der Waals surface area contributed by atoms with Crippen molar-refractivity contribution in [3.05, 3.63) is 30.1 Å². The Morgan fingerprint density at radius 3 is 2.60 bits per heavy atom. The summed E-state index contributed by atoms with van der Waals surface area (Å²) >= 11 is 0. The third kappa shape index (κ3) is 6.02. The zero-order valence-corrected chi connectivity index (χ0v) is 15.1. The molecule has 2 aromatic rings. The summed E-state index contributed by atoms with van der Waals surface area (Å²) in [5, 5.41) is 12.1. The van der Waals surface area contributed by atoms with Gasteiger partial charge in [-0.15, -0.1) is 0 Å². The van der Waals surface area contributed by atoms with Crippen molar-refractivity contribution in [2.24, 2.45) is 5.41 Å². The molecule has 25 heavy (non-hydrogen) atoms. The quantitative estimate of drug-likeness (QED) is 0.574. The van der Waals surface area contributed by atoms with Crippen molar-refractivity contribution in [2.75, 3.05) is 11.9 Å². The summed E-state index contributed by atoms with van der Waals surface area (Å²) in [4.78, 5) is 28.1. The number of rotatable bonds is 5. The van der Waals surface area contributed by atoms with Gasteiger partial charge >= 0.3 is 11.8 Å². The number of aromatic amines is 1. The van der Waals surface area contributed by atoms with Crippen LogP contribution in [-0.2, 0) is 9.59 Å². The molecule has 1 heterocycles. The molecule has 7 heteroatoms. The van der Waals surface area contributed by atoms with Gasteiger partial charge in [0.1, 0.15) is 5.82 Å². The predicted molar refractivity (Wildman–Crippen MR) is 96.9 cm³/mol. The average Bonchev–Trinajstić information content (AvgIpc) is 2.97. The molecule has 0 spiro atoms. The van der Waals surface area contributed by atoms with E-state index in [9.17, 15) is 9.59 Å². The highest BCUT2D eigenvalue weighted by atomic mass is 16.2. The molecule has 0 bridgehead atoms. The van der Waals surface area contributed by atoms with Crippen molar-refractivity contribution in [3.63, 3.8) is 0 Å². The number of nitrogens with zero attached hydrogens (tertiary/aromatic N) is 2. The first-order valence-corrected chi connectivity index (χ1v) is 8.33. The molecule has 0 aliphatic heterocycles. The number of anilines is 1. The summed E-state index contributed by atoms with van der Waals surface area (Å²) in [6.45, 7) is 8.73. The maximum absolute atomic E-state index is 12.0. The number of carbonyl (C=O) groups is 2. The van der Waals surface area contributed by atoms with Crippen LogP contribution in [-0.4, -0.2) is 33.5 Å². The maximum atomic E-state index is 12.0. The fourth-order valence-corrected chi connectivity index (χ4v) is 2.30. The van der Waals surface area contributed by atoms with Crippen LogP contribution < -0.4 is 10.6 Å². The van der Waals surface area contributed by atoms with E-state index in [2.05, 4.69) is 46.6 Å². The van der Waals surface area contributed by atoms with Crippen molar-refractivity contribution in [3.8, 4) is 11.4 Å². The number of H-pyrrole nitrogens is 1. The van der Waals surface area contributed by atoms with Gasteiger partial charge in [-0.05, 0) is 37.3 Å². The SMILES string of the molecule is Cc1nc(-c2cccc(NC(=O)C(=O)NCCCC(C)(C)C)c2)n[nH]1. The van der Waals surface area contributed by atoms with Crippen LogP contribution >= 0.6 is 0 Å². The van der Waals surface area contributed by atoms with E-state index >= 15 is 0 Å². The molecular formula is C18H25N5O2. The van der Waals surface area contributed by atoms with Crippen LogP contribution in [0.3, 0.4) is 0 Å². The van der Waals surface area contributed by atoms with Crippen LogP contribution in [0.15, 0.2) is 24.3 Å². The first-order valence-electron chi connectivity index (χ1n) is 8.33. The zero-order valence-electron chi connectivity index (χ0n) is 15.1. The maximum Gasteiger partial charge on any atom is 0.313 e. The minimum absolute atomic E-state index is 0.214. The van der Waals surface area contributed by atoms with Gasteiger partial charge < -0.3 is 10.6 Å². The second kappa shape index (κ2) is 7.92. The third-order valence-corrected chi connectivity index (χ3v) is 3.57. The van der Waals surface area contributed by atoms with Gasteiger partial charge in [0.25, 0.3) is 0 Å². The van der Waals surface area contributed by atoms with E-state index < -0.39 is 11.8 Å². The van der Waals surface area contributed by atoms with Gasteiger partial charge in [-0.2, -0.15) is 5.10 Å². The Kier molecular flexibility index (Phi) is 5.90. The highest BCUT2D eigenvalue weighted by molar-refractivity contribution is 6.39. The summed E-state index contributed by atoms with van der Waals surface area (Å²) in [7, 11) is 0. The minimum Gasteiger partial charge on any atom is -0.348 e. The number of aryl methyl sites for hydroxylation is 1. The fourth-order valence-electron chi connectivity index (χ4n) is 2.30. The van der Waals surface area contributed by atoms with Gasteiger partial charge in [0.2, 0.25) is 0 Å². The van der Waals surface area contributed by atoms with E-state index in [1.807, 2.05) is 13.0 Å². The lowest BCUT2D eigenvalue weighted by molar-refractivity contribution is -0.136. The largest absolute Gasteiger partial charge is 0.348 e. The van der Waals surface area contributed by atoms with Crippen LogP contribution in [0, 0.1) is 12.3 Å². The molecule has 2 amide bonds. The minimum atomic E-state index is -0.681. The second-order valence-electron chi connectivity index (χ2n) is 7.20. The molecule has 1 aromatic heterocycles. The van der Waals surface area contributed by atoms with Gasteiger partial charge in [-0.25, -0.2) is 4.98 Å². The lowest BCUT2D eigenvalue weighted by atomic mass is 9.91. The topological polar surface area (TPSA) is 99.8 Å². The van der Waals surface area contributed by atoms with Crippen molar-refractivity contribution in [1.29, 1.82) is 0 Å². The van der Waals surface area contributed by atoms with Crippen LogP contribution in [0.25, 0.3) is 11.4 Å². The first kappa shape index (κ1) is 18.6. The normalized spacial score (nSPS) is 11.2. The molecule has 7 nitrogen and oxygen atoms in total. The van der Waals surface area contributed by atoms with Crippen molar-refractivity contribution in [2.45, 2.75) is 40.5 Å². The highest BCUT2D eigenvalue weighted by Crippen LogP contribution is 2.20. The molecule has 0 atom stereocenters. The number of hydrogen-bond acceptors (Lipinski definition) is 4. The highest BCUT2D eigenvalue weighted by Gasteiger charge is 2.15. The summed E-state index contributed by atoms with van der Waals surface area (Å²) in [5.74, 6) is -0.0635. The average molecular weight is 343 g/mol. The molecule has 2 rings (SSSR count). The van der Waals surface area contributed by atoms with E-state index in [0.29, 0.717) is 23.9 Å². The number of benzene rings is 1. The van der Waals surface area contributed by atoms with Crippen molar-refractivity contribution < 1.29 is 9.59 Å². The van der Waals surface area contributed by atoms with Gasteiger partial charge in [0, 0.05) is 17.8 Å². The Bertz CT molecular complexity index is 746. The molecule has 0 aliphatic rings. The number of nitrogens with one attached hydrogen (secondary N) is 3. The molecule has 0 saturated heterocycles. The monoisotopic (exact) mass is 343 g/mol. The van der Waals surface area contributed by atoms with Crippen LogP contribution in [0.2, 0.25) is 0 Å². The van der Waals surface area contributed by atoms with E-state index in [1.165, 1.54) is 0 Å². The van der Waals surface area contributed by atoms with Crippen molar-refractivity contribution >= 4 is 17.5 Å². The lowest BCUT2D eigenvalue weighted by Gasteiger charge is -2.17. The number of carbonyl (C=O) groups excluding carboxylic acids is 2. The predicted octanol–water partition coefficient (Wildman–Crippen LogP) is 2.66. The van der Waals surface area contributed by atoms with Gasteiger partial charge in [0.15, 0.2) is 5.82 Å². The standard InChI is InChI=1S/C18H25N5O2/c1-12-20-15(23-22-12)13-7-5-8-14(11-13)21-17(25)16(24)19-10-6-9-18(2,3)4/h5,7-8,11H,6,9-10H2,1-4H3,(H,19,24)(H,21,25)(H,20,22,23). The lowest BCUT2D eigenvalue weighted by Crippen LogP contribution is -2.36. The van der Waals surface area contributed by atoms with Gasteiger partial charge in [-0.1, -0.05) is 32.9 Å². The Morgan fingerprint density at radius 2 is 1.96 bits per heavy atom. The molecule has 0 radical (unpaired) electrons.